The largest absolute Gasteiger partial charge is 0.482 e. The Hall–Kier alpha value is -2.09. The standard InChI is InChI=1S/C15H19NO6S/c1-16(15(19)12-6-7-23(20,21)10-12)8-11-2-4-13(5-3-11)22-9-14(17)18/h2-5,12H,6-10H2,1H3,(H,17,18)/t12-/m0/s1. The zero-order valence-electron chi connectivity index (χ0n) is 12.8. The number of carbonyl (C=O) groups excluding carboxylic acids is 1. The maximum absolute atomic E-state index is 12.3. The summed E-state index contributed by atoms with van der Waals surface area (Å²) in [6.07, 6.45) is 0.382. The van der Waals surface area contributed by atoms with Crippen LogP contribution >= 0.6 is 0 Å². The summed E-state index contributed by atoms with van der Waals surface area (Å²) in [5.41, 5.74) is 0.851. The minimum atomic E-state index is -3.08. The third-order valence-electron chi connectivity index (χ3n) is 3.66. The highest BCUT2D eigenvalue weighted by molar-refractivity contribution is 7.91. The average Bonchev–Trinajstić information content (AvgIpc) is 2.85. The monoisotopic (exact) mass is 341 g/mol. The van der Waals surface area contributed by atoms with Gasteiger partial charge in [-0.1, -0.05) is 12.1 Å². The topological polar surface area (TPSA) is 101 Å². The highest BCUT2D eigenvalue weighted by Gasteiger charge is 2.34. The minimum absolute atomic E-state index is 0.0713. The zero-order chi connectivity index (χ0) is 17.0. The molecule has 0 saturated carbocycles. The van der Waals surface area contributed by atoms with Gasteiger partial charge in [-0.3, -0.25) is 4.79 Å². The lowest BCUT2D eigenvalue weighted by molar-refractivity contribution is -0.139. The minimum Gasteiger partial charge on any atom is -0.482 e. The first-order valence-corrected chi connectivity index (χ1v) is 8.98. The Bertz CT molecular complexity index is 682. The van der Waals surface area contributed by atoms with E-state index in [0.29, 0.717) is 18.7 Å². The fraction of sp³-hybridized carbons (Fsp3) is 0.467. The molecule has 1 heterocycles. The molecule has 1 atom stereocenters. The molecule has 0 aromatic heterocycles. The van der Waals surface area contributed by atoms with Crippen LogP contribution in [-0.2, 0) is 26.0 Å². The van der Waals surface area contributed by atoms with E-state index in [1.807, 2.05) is 0 Å². The highest BCUT2D eigenvalue weighted by Crippen LogP contribution is 2.21. The Morgan fingerprint density at radius 2 is 1.96 bits per heavy atom. The van der Waals surface area contributed by atoms with Gasteiger partial charge in [-0.15, -0.1) is 0 Å². The van der Waals surface area contributed by atoms with Gasteiger partial charge in [0.05, 0.1) is 17.4 Å². The lowest BCUT2D eigenvalue weighted by atomic mass is 10.1. The first-order chi connectivity index (χ1) is 10.8. The third-order valence-corrected chi connectivity index (χ3v) is 5.43. The van der Waals surface area contributed by atoms with Crippen LogP contribution in [0.5, 0.6) is 5.75 Å². The van der Waals surface area contributed by atoms with Crippen LogP contribution in [0, 0.1) is 5.92 Å². The van der Waals surface area contributed by atoms with E-state index in [0.717, 1.165) is 5.56 Å². The number of carboxylic acids is 1. The van der Waals surface area contributed by atoms with E-state index in [-0.39, 0.29) is 17.4 Å². The van der Waals surface area contributed by atoms with Crippen LogP contribution in [0.4, 0.5) is 0 Å². The fourth-order valence-electron chi connectivity index (χ4n) is 2.49. The molecule has 2 rings (SSSR count). The van der Waals surface area contributed by atoms with Gasteiger partial charge in [-0.25, -0.2) is 13.2 Å². The quantitative estimate of drug-likeness (QED) is 0.810. The van der Waals surface area contributed by atoms with E-state index in [2.05, 4.69) is 0 Å². The summed E-state index contributed by atoms with van der Waals surface area (Å²) in [5, 5.41) is 8.54. The van der Waals surface area contributed by atoms with Gasteiger partial charge in [0.2, 0.25) is 5.91 Å². The molecule has 1 N–H and O–H groups in total. The summed E-state index contributed by atoms with van der Waals surface area (Å²) in [5.74, 6) is -1.23. The molecule has 1 aromatic carbocycles. The van der Waals surface area contributed by atoms with Crippen molar-refractivity contribution in [2.45, 2.75) is 13.0 Å². The molecule has 1 aliphatic heterocycles. The number of hydrogen-bond acceptors (Lipinski definition) is 5. The molecule has 1 amide bonds. The highest BCUT2D eigenvalue weighted by atomic mass is 32.2. The number of sulfone groups is 1. The lowest BCUT2D eigenvalue weighted by Crippen LogP contribution is -2.33. The van der Waals surface area contributed by atoms with Crippen molar-refractivity contribution in [3.05, 3.63) is 29.8 Å². The number of benzene rings is 1. The van der Waals surface area contributed by atoms with Crippen molar-refractivity contribution in [2.24, 2.45) is 5.92 Å². The van der Waals surface area contributed by atoms with E-state index in [9.17, 15) is 18.0 Å². The average molecular weight is 341 g/mol. The number of carbonyl (C=O) groups is 2. The molecule has 1 aliphatic rings. The van der Waals surface area contributed by atoms with Gasteiger partial charge in [0, 0.05) is 13.6 Å². The number of hydrogen-bond donors (Lipinski definition) is 1. The van der Waals surface area contributed by atoms with Crippen LogP contribution in [0.2, 0.25) is 0 Å². The van der Waals surface area contributed by atoms with Crippen LogP contribution < -0.4 is 4.74 Å². The summed E-state index contributed by atoms with van der Waals surface area (Å²) in [4.78, 5) is 24.2. The number of nitrogens with zero attached hydrogens (tertiary/aromatic N) is 1. The summed E-state index contributed by atoms with van der Waals surface area (Å²) < 4.78 is 27.9. The molecule has 0 unspecified atom stereocenters. The molecule has 1 fully saturated rings. The van der Waals surface area contributed by atoms with Crippen molar-refractivity contribution in [2.75, 3.05) is 25.2 Å². The number of aliphatic carboxylic acids is 1. The Kier molecular flexibility index (Phi) is 5.25. The van der Waals surface area contributed by atoms with Gasteiger partial charge < -0.3 is 14.7 Å². The van der Waals surface area contributed by atoms with Crippen molar-refractivity contribution >= 4 is 21.7 Å². The molecule has 1 saturated heterocycles. The van der Waals surface area contributed by atoms with Gasteiger partial charge in [0.15, 0.2) is 16.4 Å². The van der Waals surface area contributed by atoms with Crippen molar-refractivity contribution in [3.8, 4) is 5.75 Å². The molecule has 126 valence electrons. The summed E-state index contributed by atoms with van der Waals surface area (Å²) >= 11 is 0. The van der Waals surface area contributed by atoms with Crippen LogP contribution in [0.15, 0.2) is 24.3 Å². The maximum Gasteiger partial charge on any atom is 0.341 e. The number of carboxylic acid groups (broad SMARTS) is 1. The van der Waals surface area contributed by atoms with Crippen LogP contribution in [0.1, 0.15) is 12.0 Å². The van der Waals surface area contributed by atoms with E-state index in [1.54, 1.807) is 31.3 Å². The fourth-order valence-corrected chi connectivity index (χ4v) is 4.22. The zero-order valence-corrected chi connectivity index (χ0v) is 13.6. The van der Waals surface area contributed by atoms with Crippen LogP contribution in [0.25, 0.3) is 0 Å². The molecular weight excluding hydrogens is 322 g/mol. The number of ether oxygens (including phenoxy) is 1. The molecule has 0 bridgehead atoms. The molecule has 1 aromatic rings. The maximum atomic E-state index is 12.3. The second kappa shape index (κ2) is 6.99. The van der Waals surface area contributed by atoms with Crippen molar-refractivity contribution in [1.82, 2.24) is 4.90 Å². The molecule has 0 radical (unpaired) electrons. The van der Waals surface area contributed by atoms with E-state index in [1.165, 1.54) is 4.90 Å². The summed E-state index contributed by atoms with van der Waals surface area (Å²) in [6.45, 7) is -0.0531. The Balaban J connectivity index is 1.91. The first-order valence-electron chi connectivity index (χ1n) is 7.16. The predicted molar refractivity (Wildman–Crippen MR) is 82.8 cm³/mol. The number of rotatable bonds is 6. The third kappa shape index (κ3) is 4.95. The number of amides is 1. The second-order valence-corrected chi connectivity index (χ2v) is 7.85. The van der Waals surface area contributed by atoms with E-state index >= 15 is 0 Å². The molecule has 7 nitrogen and oxygen atoms in total. The molecule has 8 heteroatoms. The molecule has 0 aliphatic carbocycles. The predicted octanol–water partition coefficient (Wildman–Crippen LogP) is 0.543. The Morgan fingerprint density at radius 1 is 1.30 bits per heavy atom. The van der Waals surface area contributed by atoms with Crippen LogP contribution in [-0.4, -0.2) is 55.5 Å². The normalized spacial score (nSPS) is 19.3. The van der Waals surface area contributed by atoms with Gasteiger partial charge in [-0.2, -0.15) is 0 Å². The molecule has 0 spiro atoms. The SMILES string of the molecule is CN(Cc1ccc(OCC(=O)O)cc1)C(=O)[C@H]1CCS(=O)(=O)C1. The van der Waals surface area contributed by atoms with Crippen molar-refractivity contribution < 1.29 is 27.9 Å². The van der Waals surface area contributed by atoms with Gasteiger partial charge in [0.1, 0.15) is 5.75 Å². The summed E-state index contributed by atoms with van der Waals surface area (Å²) in [7, 11) is -1.44. The van der Waals surface area contributed by atoms with E-state index in [4.69, 9.17) is 9.84 Å². The smallest absolute Gasteiger partial charge is 0.341 e. The van der Waals surface area contributed by atoms with Crippen molar-refractivity contribution in [3.63, 3.8) is 0 Å². The van der Waals surface area contributed by atoms with Gasteiger partial charge in [-0.05, 0) is 24.1 Å². The Morgan fingerprint density at radius 3 is 2.48 bits per heavy atom. The molecular formula is C15H19NO6S. The summed E-state index contributed by atoms with van der Waals surface area (Å²) in [6, 6.07) is 6.76. The second-order valence-electron chi connectivity index (χ2n) is 5.62. The van der Waals surface area contributed by atoms with E-state index < -0.39 is 28.3 Å². The Labute approximate surface area is 134 Å². The van der Waals surface area contributed by atoms with Crippen molar-refractivity contribution in [1.29, 1.82) is 0 Å². The molecule has 23 heavy (non-hydrogen) atoms. The van der Waals surface area contributed by atoms with Crippen LogP contribution in [0.3, 0.4) is 0 Å². The van der Waals surface area contributed by atoms with Gasteiger partial charge >= 0.3 is 5.97 Å². The first kappa shape index (κ1) is 17.3. The lowest BCUT2D eigenvalue weighted by Gasteiger charge is -2.20. The van der Waals surface area contributed by atoms with Gasteiger partial charge in [0.25, 0.3) is 0 Å².